The third kappa shape index (κ3) is 4.89. The van der Waals surface area contributed by atoms with Crippen LogP contribution in [-0.2, 0) is 16.4 Å². The lowest BCUT2D eigenvalue weighted by atomic mass is 10.2. The van der Waals surface area contributed by atoms with E-state index >= 15 is 0 Å². The third-order valence-electron chi connectivity index (χ3n) is 4.48. The van der Waals surface area contributed by atoms with Gasteiger partial charge in [0.2, 0.25) is 9.84 Å². The fourth-order valence-corrected chi connectivity index (χ4v) is 4.24. The van der Waals surface area contributed by atoms with E-state index < -0.39 is 9.84 Å². The normalized spacial score (nSPS) is 16.1. The number of halogens is 1. The first-order chi connectivity index (χ1) is 13.0. The Morgan fingerprint density at radius 1 is 1.04 bits per heavy atom. The molecule has 0 aliphatic carbocycles. The fraction of sp³-hybridized carbons (Fsp3) is 0.250. The quantitative estimate of drug-likeness (QED) is 0.719. The maximum atomic E-state index is 12.7. The lowest BCUT2D eigenvalue weighted by molar-refractivity contribution is 0.162. The van der Waals surface area contributed by atoms with Crippen molar-refractivity contribution in [3.05, 3.63) is 76.3 Å². The highest BCUT2D eigenvalue weighted by Gasteiger charge is 2.23. The van der Waals surface area contributed by atoms with Crippen LogP contribution in [0.15, 0.2) is 70.6 Å². The molecule has 0 saturated carbocycles. The van der Waals surface area contributed by atoms with Crippen molar-refractivity contribution in [2.45, 2.75) is 11.4 Å². The van der Waals surface area contributed by atoms with Gasteiger partial charge in [-0.05, 0) is 29.8 Å². The van der Waals surface area contributed by atoms with Gasteiger partial charge in [-0.15, -0.1) is 0 Å². The second-order valence-corrected chi connectivity index (χ2v) is 8.71. The number of sulfone groups is 1. The molecule has 27 heavy (non-hydrogen) atoms. The largest absolute Gasteiger partial charge is 0.373 e. The highest BCUT2D eigenvalue weighted by atomic mass is 35.5. The molecule has 1 fully saturated rings. The molecule has 140 valence electrons. The Hall–Kier alpha value is -2.33. The lowest BCUT2D eigenvalue weighted by Crippen LogP contribution is -2.43. The molecule has 0 spiro atoms. The number of rotatable bonds is 5. The van der Waals surface area contributed by atoms with E-state index in [1.165, 1.54) is 36.0 Å². The summed E-state index contributed by atoms with van der Waals surface area (Å²) in [4.78, 5) is 4.04. The van der Waals surface area contributed by atoms with Crippen LogP contribution in [0.1, 0.15) is 5.56 Å². The zero-order chi connectivity index (χ0) is 19.3. The van der Waals surface area contributed by atoms with Gasteiger partial charge < -0.3 is 4.90 Å². The number of nitrogens with zero attached hydrogens (tertiary/aromatic N) is 3. The summed E-state index contributed by atoms with van der Waals surface area (Å²) in [5.74, 6) is 0. The zero-order valence-electron chi connectivity index (χ0n) is 14.8. The smallest absolute Gasteiger partial charge is 0.218 e. The SMILES string of the molecule is N#CC(=CN1CCN(Cc2ccccc2)CC1)S(=O)(=O)c1ccc(Cl)cc1. The minimum atomic E-state index is -3.84. The van der Waals surface area contributed by atoms with Crippen molar-refractivity contribution in [3.8, 4) is 6.07 Å². The molecule has 0 amide bonds. The van der Waals surface area contributed by atoms with Crippen LogP contribution in [0.4, 0.5) is 0 Å². The number of hydrogen-bond donors (Lipinski definition) is 0. The topological polar surface area (TPSA) is 64.4 Å². The molecule has 2 aromatic rings. The van der Waals surface area contributed by atoms with E-state index in [0.717, 1.165) is 19.6 Å². The maximum absolute atomic E-state index is 12.7. The van der Waals surface area contributed by atoms with E-state index in [2.05, 4.69) is 17.0 Å². The third-order valence-corrected chi connectivity index (χ3v) is 6.40. The second kappa shape index (κ2) is 8.57. The number of piperazine rings is 1. The molecular formula is C20H20ClN3O2S. The number of hydrogen-bond acceptors (Lipinski definition) is 5. The summed E-state index contributed by atoms with van der Waals surface area (Å²) in [6, 6.07) is 17.9. The van der Waals surface area contributed by atoms with Gasteiger partial charge in [-0.1, -0.05) is 41.9 Å². The summed E-state index contributed by atoms with van der Waals surface area (Å²) in [7, 11) is -3.84. The first kappa shape index (κ1) is 19.4. The number of allylic oxidation sites excluding steroid dienone is 1. The van der Waals surface area contributed by atoms with E-state index in [0.29, 0.717) is 18.1 Å². The van der Waals surface area contributed by atoms with Gasteiger partial charge >= 0.3 is 0 Å². The Labute approximate surface area is 165 Å². The molecule has 0 bridgehead atoms. The first-order valence-electron chi connectivity index (χ1n) is 8.62. The Kier molecular flexibility index (Phi) is 6.17. The van der Waals surface area contributed by atoms with Crippen LogP contribution >= 0.6 is 11.6 Å². The van der Waals surface area contributed by atoms with Gasteiger partial charge in [-0.25, -0.2) is 8.42 Å². The van der Waals surface area contributed by atoms with Crippen molar-refractivity contribution >= 4 is 21.4 Å². The van der Waals surface area contributed by atoms with Gasteiger partial charge in [0.1, 0.15) is 6.07 Å². The molecule has 1 aliphatic rings. The van der Waals surface area contributed by atoms with E-state index in [-0.39, 0.29) is 9.80 Å². The minimum absolute atomic E-state index is 0.0717. The van der Waals surface area contributed by atoms with Crippen LogP contribution in [0.2, 0.25) is 5.02 Å². The molecule has 3 rings (SSSR count). The summed E-state index contributed by atoms with van der Waals surface area (Å²) in [5, 5.41) is 9.84. The summed E-state index contributed by atoms with van der Waals surface area (Å²) < 4.78 is 25.4. The standard InChI is InChI=1S/C20H20ClN3O2S/c21-18-6-8-19(9-7-18)27(25,26)20(14-22)16-24-12-10-23(11-13-24)15-17-4-2-1-3-5-17/h1-9,16H,10-13,15H2. The van der Waals surface area contributed by atoms with Crippen molar-refractivity contribution in [1.82, 2.24) is 9.80 Å². The van der Waals surface area contributed by atoms with Crippen LogP contribution in [0.25, 0.3) is 0 Å². The van der Waals surface area contributed by atoms with Gasteiger partial charge in [-0.3, -0.25) is 4.90 Å². The average molecular weight is 402 g/mol. The van der Waals surface area contributed by atoms with E-state index in [4.69, 9.17) is 11.6 Å². The van der Waals surface area contributed by atoms with Gasteiger partial charge in [0.25, 0.3) is 0 Å². The van der Waals surface area contributed by atoms with Gasteiger partial charge in [0.15, 0.2) is 4.91 Å². The molecule has 5 nitrogen and oxygen atoms in total. The molecule has 0 unspecified atom stereocenters. The molecule has 1 saturated heterocycles. The van der Waals surface area contributed by atoms with Crippen LogP contribution in [0, 0.1) is 11.3 Å². The Bertz CT molecular complexity index is 943. The summed E-state index contributed by atoms with van der Waals surface area (Å²) in [6.07, 6.45) is 1.46. The minimum Gasteiger partial charge on any atom is -0.373 e. The van der Waals surface area contributed by atoms with Crippen molar-refractivity contribution in [2.75, 3.05) is 26.2 Å². The summed E-state index contributed by atoms with van der Waals surface area (Å²) >= 11 is 5.82. The molecule has 0 radical (unpaired) electrons. The highest BCUT2D eigenvalue weighted by Crippen LogP contribution is 2.22. The first-order valence-corrected chi connectivity index (χ1v) is 10.5. The van der Waals surface area contributed by atoms with Crippen molar-refractivity contribution < 1.29 is 8.42 Å². The monoisotopic (exact) mass is 401 g/mol. The predicted molar refractivity (Wildman–Crippen MR) is 106 cm³/mol. The predicted octanol–water partition coefficient (Wildman–Crippen LogP) is 3.30. The Balaban J connectivity index is 1.67. The van der Waals surface area contributed by atoms with Gasteiger partial charge in [-0.2, -0.15) is 5.26 Å². The van der Waals surface area contributed by atoms with Crippen LogP contribution in [-0.4, -0.2) is 44.4 Å². The molecule has 0 aromatic heterocycles. The molecule has 1 heterocycles. The fourth-order valence-electron chi connectivity index (χ4n) is 2.96. The van der Waals surface area contributed by atoms with Gasteiger partial charge in [0.05, 0.1) is 4.90 Å². The number of nitriles is 1. The molecule has 0 N–H and O–H groups in total. The number of benzene rings is 2. The maximum Gasteiger partial charge on any atom is 0.218 e. The molecule has 7 heteroatoms. The second-order valence-electron chi connectivity index (χ2n) is 6.36. The molecule has 2 aromatic carbocycles. The average Bonchev–Trinajstić information content (AvgIpc) is 2.68. The van der Waals surface area contributed by atoms with Crippen LogP contribution in [0.5, 0.6) is 0 Å². The molecule has 1 aliphatic heterocycles. The summed E-state index contributed by atoms with van der Waals surface area (Å²) in [6.45, 7) is 3.84. The Morgan fingerprint density at radius 2 is 1.67 bits per heavy atom. The molecular weight excluding hydrogens is 382 g/mol. The van der Waals surface area contributed by atoms with E-state index in [9.17, 15) is 13.7 Å². The van der Waals surface area contributed by atoms with Crippen molar-refractivity contribution in [2.24, 2.45) is 0 Å². The van der Waals surface area contributed by atoms with E-state index in [1.807, 2.05) is 29.2 Å². The van der Waals surface area contributed by atoms with Gasteiger partial charge in [0, 0.05) is 43.9 Å². The molecule has 0 atom stereocenters. The van der Waals surface area contributed by atoms with Crippen molar-refractivity contribution in [3.63, 3.8) is 0 Å². The lowest BCUT2D eigenvalue weighted by Gasteiger charge is -2.34. The van der Waals surface area contributed by atoms with Crippen LogP contribution in [0.3, 0.4) is 0 Å². The van der Waals surface area contributed by atoms with Crippen molar-refractivity contribution in [1.29, 1.82) is 5.26 Å². The Morgan fingerprint density at radius 3 is 2.26 bits per heavy atom. The highest BCUT2D eigenvalue weighted by molar-refractivity contribution is 7.95. The van der Waals surface area contributed by atoms with Crippen LogP contribution < -0.4 is 0 Å². The zero-order valence-corrected chi connectivity index (χ0v) is 16.3. The summed E-state index contributed by atoms with van der Waals surface area (Å²) in [5.41, 5.74) is 1.25. The van der Waals surface area contributed by atoms with E-state index in [1.54, 1.807) is 0 Å².